The second kappa shape index (κ2) is 8.58. The molecule has 1 saturated heterocycles. The largest absolute Gasteiger partial charge is 1.00 e. The molecule has 0 aliphatic carbocycles. The van der Waals surface area contributed by atoms with E-state index in [9.17, 15) is 14.3 Å². The van der Waals surface area contributed by atoms with Gasteiger partial charge in [0.15, 0.2) is 0 Å². The van der Waals surface area contributed by atoms with Crippen molar-refractivity contribution in [1.82, 2.24) is 9.88 Å². The van der Waals surface area contributed by atoms with Crippen LogP contribution in [0.25, 0.3) is 11.1 Å². The van der Waals surface area contributed by atoms with Gasteiger partial charge in [0.2, 0.25) is 0 Å². The molecule has 1 aliphatic heterocycles. The first-order valence-corrected chi connectivity index (χ1v) is 7.50. The zero-order valence-electron chi connectivity index (χ0n) is 13.6. The molecule has 1 aliphatic rings. The fourth-order valence-corrected chi connectivity index (χ4v) is 2.75. The van der Waals surface area contributed by atoms with Crippen LogP contribution < -0.4 is 39.6 Å². The van der Waals surface area contributed by atoms with Gasteiger partial charge in [0.1, 0.15) is 5.82 Å². The zero-order chi connectivity index (χ0) is 16.2. The van der Waals surface area contributed by atoms with Crippen LogP contribution in [0.15, 0.2) is 42.7 Å². The summed E-state index contributed by atoms with van der Waals surface area (Å²) in [6, 6.07) is 8.35. The van der Waals surface area contributed by atoms with Gasteiger partial charge in [0, 0.05) is 44.5 Å². The van der Waals surface area contributed by atoms with Gasteiger partial charge in [-0.25, -0.2) is 4.39 Å². The van der Waals surface area contributed by atoms with Gasteiger partial charge in [-0.3, -0.25) is 9.88 Å². The van der Waals surface area contributed by atoms with Gasteiger partial charge in [-0.2, -0.15) is 0 Å². The Morgan fingerprint density at radius 3 is 2.38 bits per heavy atom. The maximum Gasteiger partial charge on any atom is 1.00 e. The molecular formula is C17H17FN3NaO2. The molecule has 1 aromatic carbocycles. The summed E-state index contributed by atoms with van der Waals surface area (Å²) in [5.74, 6) is -1.31. The Labute approximate surface area is 162 Å². The summed E-state index contributed by atoms with van der Waals surface area (Å²) < 4.78 is 13.0. The molecule has 0 N–H and O–H groups in total. The topological polar surface area (TPSA) is 59.5 Å². The molecule has 120 valence electrons. The number of halogens is 1. The van der Waals surface area contributed by atoms with Crippen LogP contribution in [-0.2, 0) is 4.79 Å². The number of carbonyl (C=O) groups excluding carboxylic acids is 1. The Kier molecular flexibility index (Phi) is 6.74. The van der Waals surface area contributed by atoms with E-state index in [1.807, 2.05) is 11.0 Å². The number of carboxylic acid groups (broad SMARTS) is 1. The van der Waals surface area contributed by atoms with Crippen molar-refractivity contribution in [2.75, 3.05) is 37.6 Å². The molecule has 1 fully saturated rings. The number of pyridine rings is 1. The van der Waals surface area contributed by atoms with E-state index in [1.54, 1.807) is 24.5 Å². The summed E-state index contributed by atoms with van der Waals surface area (Å²) in [4.78, 5) is 19.0. The molecular weight excluding hydrogens is 320 g/mol. The minimum absolute atomic E-state index is 0. The van der Waals surface area contributed by atoms with E-state index in [2.05, 4.69) is 9.88 Å². The van der Waals surface area contributed by atoms with Crippen LogP contribution >= 0.6 is 0 Å². The number of rotatable bonds is 4. The maximum absolute atomic E-state index is 13.0. The van der Waals surface area contributed by atoms with E-state index in [0.29, 0.717) is 13.1 Å². The molecule has 7 heteroatoms. The van der Waals surface area contributed by atoms with Crippen LogP contribution in [0.5, 0.6) is 0 Å². The number of carboxylic acids is 1. The molecule has 3 rings (SSSR count). The zero-order valence-corrected chi connectivity index (χ0v) is 15.6. The first kappa shape index (κ1) is 18.9. The second-order valence-electron chi connectivity index (χ2n) is 5.57. The minimum atomic E-state index is -1.04. The van der Waals surface area contributed by atoms with Crippen LogP contribution in [0.2, 0.25) is 0 Å². The van der Waals surface area contributed by atoms with Gasteiger partial charge in [-0.15, -0.1) is 0 Å². The molecule has 0 amide bonds. The molecule has 0 spiro atoms. The van der Waals surface area contributed by atoms with Crippen molar-refractivity contribution in [1.29, 1.82) is 0 Å². The van der Waals surface area contributed by atoms with Crippen molar-refractivity contribution in [2.24, 2.45) is 0 Å². The van der Waals surface area contributed by atoms with E-state index in [1.165, 1.54) is 12.1 Å². The van der Waals surface area contributed by atoms with Crippen molar-refractivity contribution in [3.8, 4) is 11.1 Å². The fraction of sp³-hybridized carbons (Fsp3) is 0.294. The number of hydrogen-bond acceptors (Lipinski definition) is 5. The van der Waals surface area contributed by atoms with Gasteiger partial charge >= 0.3 is 29.6 Å². The summed E-state index contributed by atoms with van der Waals surface area (Å²) >= 11 is 0. The second-order valence-corrected chi connectivity index (χ2v) is 5.57. The van der Waals surface area contributed by atoms with Crippen molar-refractivity contribution in [3.63, 3.8) is 0 Å². The number of benzene rings is 1. The van der Waals surface area contributed by atoms with Crippen molar-refractivity contribution < 1.29 is 43.8 Å². The normalized spacial score (nSPS) is 15.0. The van der Waals surface area contributed by atoms with Gasteiger partial charge in [0.25, 0.3) is 0 Å². The first-order chi connectivity index (χ1) is 11.1. The SMILES string of the molecule is O=C([O-])CN1CCN(c2cncc(-c3ccc(F)cc3)c2)CC1.[Na+]. The van der Waals surface area contributed by atoms with Crippen molar-refractivity contribution >= 4 is 11.7 Å². The van der Waals surface area contributed by atoms with E-state index in [-0.39, 0.29) is 41.9 Å². The third kappa shape index (κ3) is 4.77. The monoisotopic (exact) mass is 337 g/mol. The summed E-state index contributed by atoms with van der Waals surface area (Å²) in [5.41, 5.74) is 2.83. The smallest absolute Gasteiger partial charge is 0.549 e. The molecule has 0 radical (unpaired) electrons. The van der Waals surface area contributed by atoms with E-state index in [0.717, 1.165) is 29.9 Å². The number of carbonyl (C=O) groups is 1. The predicted octanol–water partition coefficient (Wildman–Crippen LogP) is -2.24. The van der Waals surface area contributed by atoms with Crippen LogP contribution in [0.1, 0.15) is 0 Å². The number of nitrogens with zero attached hydrogens (tertiary/aromatic N) is 3. The van der Waals surface area contributed by atoms with Crippen LogP contribution in [0, 0.1) is 5.82 Å². The maximum atomic E-state index is 13.0. The average Bonchev–Trinajstić information content (AvgIpc) is 2.56. The molecule has 0 saturated carbocycles. The number of aromatic nitrogens is 1. The molecule has 24 heavy (non-hydrogen) atoms. The first-order valence-electron chi connectivity index (χ1n) is 7.50. The van der Waals surface area contributed by atoms with Crippen molar-refractivity contribution in [3.05, 3.63) is 48.5 Å². The quantitative estimate of drug-likeness (QED) is 0.591. The van der Waals surface area contributed by atoms with E-state index >= 15 is 0 Å². The summed E-state index contributed by atoms with van der Waals surface area (Å²) in [6.07, 6.45) is 3.55. The Bertz CT molecular complexity index is 688. The third-order valence-electron chi connectivity index (χ3n) is 3.99. The predicted molar refractivity (Wildman–Crippen MR) is 83.3 cm³/mol. The van der Waals surface area contributed by atoms with Gasteiger partial charge in [-0.05, 0) is 23.8 Å². The van der Waals surface area contributed by atoms with E-state index < -0.39 is 5.97 Å². The Hall–Kier alpha value is -1.47. The van der Waals surface area contributed by atoms with Crippen LogP contribution in [0.3, 0.4) is 0 Å². The Morgan fingerprint density at radius 2 is 1.75 bits per heavy atom. The number of aliphatic carboxylic acids is 1. The summed E-state index contributed by atoms with van der Waals surface area (Å²) in [6.45, 7) is 2.80. The van der Waals surface area contributed by atoms with Crippen LogP contribution in [0.4, 0.5) is 10.1 Å². The summed E-state index contributed by atoms with van der Waals surface area (Å²) in [5, 5.41) is 10.6. The number of anilines is 1. The fourth-order valence-electron chi connectivity index (χ4n) is 2.75. The van der Waals surface area contributed by atoms with Gasteiger partial charge in [-0.1, -0.05) is 12.1 Å². The van der Waals surface area contributed by atoms with Gasteiger partial charge in [0.05, 0.1) is 17.9 Å². The third-order valence-corrected chi connectivity index (χ3v) is 3.99. The Morgan fingerprint density at radius 1 is 1.08 bits per heavy atom. The molecule has 0 unspecified atom stereocenters. The molecule has 0 bridgehead atoms. The van der Waals surface area contributed by atoms with E-state index in [4.69, 9.17) is 0 Å². The molecule has 2 aromatic rings. The average molecular weight is 337 g/mol. The van der Waals surface area contributed by atoms with Crippen LogP contribution in [-0.4, -0.2) is 48.6 Å². The molecule has 5 nitrogen and oxygen atoms in total. The standard InChI is InChI=1S/C17H18FN3O2.Na/c18-15-3-1-13(2-4-15)14-9-16(11-19-10-14)21-7-5-20(6-8-21)12-17(22)23;/h1-4,9-11H,5-8,12H2,(H,22,23);/q;+1/p-1. The molecule has 2 heterocycles. The molecule has 0 atom stereocenters. The number of piperazine rings is 1. The Balaban J connectivity index is 0.00000208. The summed E-state index contributed by atoms with van der Waals surface area (Å²) in [7, 11) is 0. The number of hydrogen-bond donors (Lipinski definition) is 0. The van der Waals surface area contributed by atoms with Gasteiger partial charge < -0.3 is 14.8 Å². The molecule has 1 aromatic heterocycles. The van der Waals surface area contributed by atoms with Crippen molar-refractivity contribution in [2.45, 2.75) is 0 Å². The minimum Gasteiger partial charge on any atom is -0.549 e.